The molecule has 1 aromatic rings. The van der Waals surface area contributed by atoms with E-state index in [0.717, 1.165) is 18.7 Å². The van der Waals surface area contributed by atoms with Crippen LogP contribution in [-0.4, -0.2) is 31.9 Å². The minimum atomic E-state index is 0.150. The van der Waals surface area contributed by atoms with Crippen molar-refractivity contribution in [1.82, 2.24) is 5.32 Å². The molecule has 3 heteroatoms. The molecule has 3 unspecified atom stereocenters. The van der Waals surface area contributed by atoms with E-state index in [-0.39, 0.29) is 12.2 Å². The van der Waals surface area contributed by atoms with Gasteiger partial charge < -0.3 is 14.8 Å². The summed E-state index contributed by atoms with van der Waals surface area (Å²) in [6.07, 6.45) is 1.32. The molecule has 0 heterocycles. The van der Waals surface area contributed by atoms with E-state index < -0.39 is 0 Å². The fraction of sp³-hybridized carbons (Fsp3) is 0.647. The number of hydrogen-bond acceptors (Lipinski definition) is 3. The second kappa shape index (κ2) is 6.59. The van der Waals surface area contributed by atoms with E-state index in [0.29, 0.717) is 12.0 Å². The van der Waals surface area contributed by atoms with Gasteiger partial charge in [0.15, 0.2) is 0 Å². The zero-order chi connectivity index (χ0) is 14.7. The summed E-state index contributed by atoms with van der Waals surface area (Å²) in [6.45, 7) is 9.60. The Morgan fingerprint density at radius 2 is 2.10 bits per heavy atom. The molecule has 0 bridgehead atoms. The average molecular weight is 277 g/mol. The van der Waals surface area contributed by atoms with Crippen molar-refractivity contribution in [3.8, 4) is 5.75 Å². The van der Waals surface area contributed by atoms with Crippen molar-refractivity contribution in [3.05, 3.63) is 29.3 Å². The monoisotopic (exact) mass is 277 g/mol. The van der Waals surface area contributed by atoms with Gasteiger partial charge in [0.1, 0.15) is 18.0 Å². The molecule has 0 aliphatic heterocycles. The van der Waals surface area contributed by atoms with Crippen molar-refractivity contribution in [2.45, 2.75) is 58.3 Å². The van der Waals surface area contributed by atoms with Crippen LogP contribution >= 0.6 is 0 Å². The Morgan fingerprint density at radius 3 is 2.70 bits per heavy atom. The summed E-state index contributed by atoms with van der Waals surface area (Å²) in [5.74, 6) is 1.52. The number of methoxy groups -OCH3 is 1. The number of benzene rings is 1. The minimum absolute atomic E-state index is 0.150. The second-order valence-electron chi connectivity index (χ2n) is 5.94. The first-order valence-electron chi connectivity index (χ1n) is 7.60. The van der Waals surface area contributed by atoms with Gasteiger partial charge in [-0.25, -0.2) is 0 Å². The Bertz CT molecular complexity index is 445. The smallest absolute Gasteiger partial charge is 0.128 e. The van der Waals surface area contributed by atoms with E-state index in [1.807, 2.05) is 0 Å². The molecule has 3 nitrogen and oxygen atoms in total. The zero-order valence-electron chi connectivity index (χ0n) is 13.3. The molecule has 1 aliphatic carbocycles. The first-order valence-corrected chi connectivity index (χ1v) is 7.60. The molecular weight excluding hydrogens is 250 g/mol. The van der Waals surface area contributed by atoms with Gasteiger partial charge in [-0.05, 0) is 36.6 Å². The number of hydrogen-bond donors (Lipinski definition) is 1. The average Bonchev–Trinajstić information content (AvgIpc) is 2.39. The van der Waals surface area contributed by atoms with Crippen molar-refractivity contribution in [2.24, 2.45) is 0 Å². The standard InChI is InChI=1S/C17H27NO2/c1-6-18-14-10-16(17(14)19-5)20-15-9-13(11(2)3)8-7-12(15)4/h7-9,11,14,16-18H,6,10H2,1-5H3. The van der Waals surface area contributed by atoms with Crippen LogP contribution in [0, 0.1) is 6.92 Å². The summed E-state index contributed by atoms with van der Waals surface area (Å²) in [5, 5.41) is 3.44. The van der Waals surface area contributed by atoms with Crippen molar-refractivity contribution in [1.29, 1.82) is 0 Å². The van der Waals surface area contributed by atoms with Crippen LogP contribution < -0.4 is 10.1 Å². The molecule has 3 atom stereocenters. The molecule has 20 heavy (non-hydrogen) atoms. The van der Waals surface area contributed by atoms with Gasteiger partial charge in [0.2, 0.25) is 0 Å². The van der Waals surface area contributed by atoms with Crippen molar-refractivity contribution in [3.63, 3.8) is 0 Å². The molecule has 112 valence electrons. The van der Waals surface area contributed by atoms with Crippen molar-refractivity contribution in [2.75, 3.05) is 13.7 Å². The third-order valence-electron chi connectivity index (χ3n) is 4.14. The number of likely N-dealkylation sites (N-methyl/N-ethyl adjacent to an activating group) is 1. The third kappa shape index (κ3) is 3.15. The second-order valence-corrected chi connectivity index (χ2v) is 5.94. The molecule has 1 aliphatic rings. The highest BCUT2D eigenvalue weighted by Crippen LogP contribution is 2.32. The molecular formula is C17H27NO2. The Hall–Kier alpha value is -1.06. The third-order valence-corrected chi connectivity index (χ3v) is 4.14. The van der Waals surface area contributed by atoms with Gasteiger partial charge in [0.05, 0.1) is 0 Å². The Morgan fingerprint density at radius 1 is 1.35 bits per heavy atom. The fourth-order valence-corrected chi connectivity index (χ4v) is 2.74. The maximum atomic E-state index is 6.19. The number of nitrogens with one attached hydrogen (secondary N) is 1. The molecule has 1 saturated carbocycles. The largest absolute Gasteiger partial charge is 0.487 e. The van der Waals surface area contributed by atoms with Crippen LogP contribution in [-0.2, 0) is 4.74 Å². The van der Waals surface area contributed by atoms with E-state index in [1.165, 1.54) is 11.1 Å². The summed E-state index contributed by atoms with van der Waals surface area (Å²) < 4.78 is 11.8. The highest BCUT2D eigenvalue weighted by atomic mass is 16.5. The molecule has 1 fully saturated rings. The van der Waals surface area contributed by atoms with E-state index in [4.69, 9.17) is 9.47 Å². The highest BCUT2D eigenvalue weighted by molar-refractivity contribution is 5.38. The lowest BCUT2D eigenvalue weighted by atomic mass is 9.85. The molecule has 0 radical (unpaired) electrons. The van der Waals surface area contributed by atoms with Crippen LogP contribution in [0.25, 0.3) is 0 Å². The Balaban J connectivity index is 2.05. The van der Waals surface area contributed by atoms with E-state index in [2.05, 4.69) is 51.2 Å². The molecule has 0 spiro atoms. The van der Waals surface area contributed by atoms with Gasteiger partial charge in [0, 0.05) is 19.6 Å². The number of ether oxygens (including phenoxy) is 2. The maximum absolute atomic E-state index is 6.19. The predicted molar refractivity (Wildman–Crippen MR) is 82.6 cm³/mol. The SMILES string of the molecule is CCNC1CC(Oc2cc(C(C)C)ccc2C)C1OC. The van der Waals surface area contributed by atoms with E-state index in [9.17, 15) is 0 Å². The van der Waals surface area contributed by atoms with E-state index in [1.54, 1.807) is 7.11 Å². The normalized spacial score (nSPS) is 25.6. The lowest BCUT2D eigenvalue weighted by molar-refractivity contribution is -0.0886. The highest BCUT2D eigenvalue weighted by Gasteiger charge is 2.42. The van der Waals surface area contributed by atoms with Crippen molar-refractivity contribution >= 4 is 0 Å². The van der Waals surface area contributed by atoms with Gasteiger partial charge >= 0.3 is 0 Å². The number of aryl methyl sites for hydroxylation is 1. The molecule has 0 aromatic heterocycles. The van der Waals surface area contributed by atoms with Crippen LogP contribution in [0.4, 0.5) is 0 Å². The minimum Gasteiger partial charge on any atom is -0.487 e. The summed E-state index contributed by atoms with van der Waals surface area (Å²) in [7, 11) is 1.77. The molecule has 0 saturated heterocycles. The summed E-state index contributed by atoms with van der Waals surface area (Å²) in [4.78, 5) is 0. The fourth-order valence-electron chi connectivity index (χ4n) is 2.74. The van der Waals surface area contributed by atoms with Gasteiger partial charge in [-0.2, -0.15) is 0 Å². The van der Waals surface area contributed by atoms with Gasteiger partial charge in [-0.15, -0.1) is 0 Å². The predicted octanol–water partition coefficient (Wildman–Crippen LogP) is 3.26. The lowest BCUT2D eigenvalue weighted by Crippen LogP contribution is -2.60. The van der Waals surface area contributed by atoms with Crippen LogP contribution in [0.15, 0.2) is 18.2 Å². The first-order chi connectivity index (χ1) is 9.56. The Kier molecular flexibility index (Phi) is 5.06. The van der Waals surface area contributed by atoms with Crippen LogP contribution in [0.1, 0.15) is 44.2 Å². The van der Waals surface area contributed by atoms with Gasteiger partial charge in [-0.1, -0.05) is 32.9 Å². The van der Waals surface area contributed by atoms with Gasteiger partial charge in [-0.3, -0.25) is 0 Å². The molecule has 1 N–H and O–H groups in total. The van der Waals surface area contributed by atoms with Crippen LogP contribution in [0.3, 0.4) is 0 Å². The number of rotatable bonds is 6. The zero-order valence-corrected chi connectivity index (χ0v) is 13.3. The van der Waals surface area contributed by atoms with Crippen LogP contribution in [0.2, 0.25) is 0 Å². The summed E-state index contributed by atoms with van der Waals surface area (Å²) in [5.41, 5.74) is 2.51. The summed E-state index contributed by atoms with van der Waals surface area (Å²) in [6, 6.07) is 6.92. The lowest BCUT2D eigenvalue weighted by Gasteiger charge is -2.43. The Labute approximate surface area is 122 Å². The summed E-state index contributed by atoms with van der Waals surface area (Å²) >= 11 is 0. The maximum Gasteiger partial charge on any atom is 0.128 e. The van der Waals surface area contributed by atoms with Gasteiger partial charge in [0.25, 0.3) is 0 Å². The molecule has 1 aromatic carbocycles. The quantitative estimate of drug-likeness (QED) is 0.865. The molecule has 0 amide bonds. The van der Waals surface area contributed by atoms with Crippen molar-refractivity contribution < 1.29 is 9.47 Å². The van der Waals surface area contributed by atoms with E-state index >= 15 is 0 Å². The first kappa shape index (κ1) is 15.3. The molecule has 2 rings (SSSR count). The van der Waals surface area contributed by atoms with Crippen LogP contribution in [0.5, 0.6) is 5.75 Å². The topological polar surface area (TPSA) is 30.5 Å².